The minimum Gasteiger partial charge on any atom is -0.365 e. The van der Waals surface area contributed by atoms with E-state index in [9.17, 15) is 0 Å². The fraction of sp³-hybridized carbons (Fsp3) is 0.385. The van der Waals surface area contributed by atoms with E-state index in [1.54, 1.807) is 11.9 Å². The summed E-state index contributed by atoms with van der Waals surface area (Å²) < 4.78 is 3.46. The summed E-state index contributed by atoms with van der Waals surface area (Å²) in [6.45, 7) is 0. The summed E-state index contributed by atoms with van der Waals surface area (Å²) >= 11 is 7.71. The van der Waals surface area contributed by atoms with Gasteiger partial charge < -0.3 is 5.32 Å². The highest BCUT2D eigenvalue weighted by Gasteiger charge is 2.21. The number of benzene rings is 1. The second-order valence-corrected chi connectivity index (χ2v) is 5.78. The van der Waals surface area contributed by atoms with Crippen LogP contribution >= 0.6 is 23.5 Å². The third-order valence-corrected chi connectivity index (χ3v) is 4.39. The second-order valence-electron chi connectivity index (χ2n) is 4.46. The van der Waals surface area contributed by atoms with Crippen molar-refractivity contribution in [1.29, 1.82) is 0 Å². The minimum atomic E-state index is 0.256. The van der Waals surface area contributed by atoms with Gasteiger partial charge >= 0.3 is 0 Å². The predicted octanol–water partition coefficient (Wildman–Crippen LogP) is 4.19. The lowest BCUT2D eigenvalue weighted by Gasteiger charge is -2.30. The van der Waals surface area contributed by atoms with E-state index in [-0.39, 0.29) is 6.17 Å². The normalized spacial score (nSPS) is 23.6. The summed E-state index contributed by atoms with van der Waals surface area (Å²) in [7, 11) is 0. The average molecular weight is 267 g/mol. The molecule has 0 spiro atoms. The molecular formula is C13H15ClN2S. The Hall–Kier alpha value is -0.640. The van der Waals surface area contributed by atoms with Crippen molar-refractivity contribution in [2.45, 2.75) is 36.7 Å². The number of rotatable bonds is 1. The number of fused-ring (bicyclic) bond motifs is 1. The van der Waals surface area contributed by atoms with Crippen LogP contribution in [0.5, 0.6) is 0 Å². The van der Waals surface area contributed by atoms with Gasteiger partial charge in [-0.15, -0.1) is 0 Å². The van der Waals surface area contributed by atoms with E-state index in [4.69, 9.17) is 11.6 Å². The van der Waals surface area contributed by atoms with E-state index < -0.39 is 0 Å². The molecule has 0 fully saturated rings. The van der Waals surface area contributed by atoms with Crippen molar-refractivity contribution in [3.63, 3.8) is 0 Å². The van der Waals surface area contributed by atoms with Gasteiger partial charge in [-0.25, -0.2) is 4.72 Å². The molecule has 1 heterocycles. The second kappa shape index (κ2) is 4.92. The molecule has 0 saturated carbocycles. The lowest BCUT2D eigenvalue weighted by Crippen LogP contribution is -2.37. The Morgan fingerprint density at radius 2 is 2.24 bits per heavy atom. The van der Waals surface area contributed by atoms with Gasteiger partial charge in [-0.2, -0.15) is 0 Å². The number of halogens is 1. The highest BCUT2D eigenvalue weighted by atomic mass is 35.5. The Morgan fingerprint density at radius 1 is 1.29 bits per heavy atom. The first kappa shape index (κ1) is 11.5. The van der Waals surface area contributed by atoms with Crippen molar-refractivity contribution in [2.24, 2.45) is 0 Å². The number of anilines is 1. The molecule has 2 nitrogen and oxygen atoms in total. The molecule has 0 bridgehead atoms. The van der Waals surface area contributed by atoms with E-state index in [0.717, 1.165) is 10.7 Å². The van der Waals surface area contributed by atoms with Crippen molar-refractivity contribution in [1.82, 2.24) is 4.72 Å². The predicted molar refractivity (Wildman–Crippen MR) is 74.4 cm³/mol. The summed E-state index contributed by atoms with van der Waals surface area (Å²) in [6.07, 6.45) is 7.66. The van der Waals surface area contributed by atoms with Crippen molar-refractivity contribution >= 4 is 29.2 Å². The molecule has 0 radical (unpaired) electrons. The first-order valence-electron chi connectivity index (χ1n) is 6.00. The molecular weight excluding hydrogens is 252 g/mol. The van der Waals surface area contributed by atoms with Crippen LogP contribution in [0.1, 0.15) is 25.7 Å². The Morgan fingerprint density at radius 3 is 3.06 bits per heavy atom. The first-order valence-corrected chi connectivity index (χ1v) is 7.20. The summed E-state index contributed by atoms with van der Waals surface area (Å²) in [5.41, 5.74) is 2.62. The van der Waals surface area contributed by atoms with E-state index in [2.05, 4.69) is 16.1 Å². The molecule has 1 aromatic carbocycles. The van der Waals surface area contributed by atoms with E-state index in [1.807, 2.05) is 18.2 Å². The smallest absolute Gasteiger partial charge is 0.108 e. The van der Waals surface area contributed by atoms with Crippen LogP contribution in [0, 0.1) is 0 Å². The van der Waals surface area contributed by atoms with Crippen molar-refractivity contribution in [2.75, 3.05) is 5.32 Å². The Balaban J connectivity index is 1.82. The van der Waals surface area contributed by atoms with Gasteiger partial charge in [0.05, 0.1) is 5.69 Å². The molecule has 1 aliphatic heterocycles. The van der Waals surface area contributed by atoms with Crippen LogP contribution in [-0.2, 0) is 0 Å². The van der Waals surface area contributed by atoms with E-state index >= 15 is 0 Å². The maximum absolute atomic E-state index is 6.03. The van der Waals surface area contributed by atoms with Crippen molar-refractivity contribution in [3.8, 4) is 0 Å². The molecule has 1 aromatic rings. The molecule has 90 valence electrons. The molecule has 0 amide bonds. The number of hydrogen-bond donors (Lipinski definition) is 2. The van der Waals surface area contributed by atoms with Crippen LogP contribution < -0.4 is 10.0 Å². The quantitative estimate of drug-likeness (QED) is 0.589. The third kappa shape index (κ3) is 2.46. The van der Waals surface area contributed by atoms with Crippen LogP contribution in [0.4, 0.5) is 5.69 Å². The molecule has 1 aliphatic carbocycles. The van der Waals surface area contributed by atoms with Crippen LogP contribution in [-0.4, -0.2) is 6.17 Å². The van der Waals surface area contributed by atoms with Crippen LogP contribution in [0.15, 0.2) is 34.7 Å². The minimum absolute atomic E-state index is 0.256. The van der Waals surface area contributed by atoms with Gasteiger partial charge in [-0.1, -0.05) is 17.7 Å². The molecule has 17 heavy (non-hydrogen) atoms. The maximum atomic E-state index is 6.03. The lowest BCUT2D eigenvalue weighted by molar-refractivity contribution is 0.641. The standard InChI is InChI=1S/C13H15ClN2S/c14-10-6-7-12-11(8-10)15-13(16-17-12)9-4-2-1-3-5-9/h4,6-8,13,15-16H,1-3,5H2. The zero-order valence-corrected chi connectivity index (χ0v) is 11.1. The third-order valence-electron chi connectivity index (χ3n) is 3.23. The number of allylic oxidation sites excluding steroid dienone is 1. The summed E-state index contributed by atoms with van der Waals surface area (Å²) in [6, 6.07) is 5.98. The monoisotopic (exact) mass is 266 g/mol. The van der Waals surface area contributed by atoms with Gasteiger partial charge in [0, 0.05) is 9.92 Å². The molecule has 4 heteroatoms. The zero-order chi connectivity index (χ0) is 11.7. The van der Waals surface area contributed by atoms with Gasteiger partial charge in [-0.05, 0) is 61.4 Å². The molecule has 2 aliphatic rings. The molecule has 1 unspecified atom stereocenters. The van der Waals surface area contributed by atoms with Crippen LogP contribution in [0.25, 0.3) is 0 Å². The summed E-state index contributed by atoms with van der Waals surface area (Å²) in [5.74, 6) is 0. The first-order chi connectivity index (χ1) is 8.33. The average Bonchev–Trinajstić information content (AvgIpc) is 2.39. The van der Waals surface area contributed by atoms with Gasteiger partial charge in [0.25, 0.3) is 0 Å². The molecule has 0 saturated heterocycles. The SMILES string of the molecule is Clc1ccc2c(c1)NC(C1=CCCCC1)NS2. The Kier molecular flexibility index (Phi) is 3.32. The van der Waals surface area contributed by atoms with Gasteiger partial charge in [0.1, 0.15) is 6.17 Å². The van der Waals surface area contributed by atoms with E-state index in [1.165, 1.54) is 36.2 Å². The van der Waals surface area contributed by atoms with Gasteiger partial charge in [-0.3, -0.25) is 0 Å². The largest absolute Gasteiger partial charge is 0.365 e. The van der Waals surface area contributed by atoms with Crippen LogP contribution in [0.2, 0.25) is 5.02 Å². The van der Waals surface area contributed by atoms with Gasteiger partial charge in [0.2, 0.25) is 0 Å². The summed E-state index contributed by atoms with van der Waals surface area (Å²) in [5, 5.41) is 4.31. The molecule has 3 rings (SSSR count). The highest BCUT2D eigenvalue weighted by molar-refractivity contribution is 7.97. The molecule has 0 aromatic heterocycles. The Labute approximate surface area is 111 Å². The zero-order valence-electron chi connectivity index (χ0n) is 9.50. The fourth-order valence-corrected chi connectivity index (χ4v) is 3.30. The lowest BCUT2D eigenvalue weighted by atomic mass is 9.97. The van der Waals surface area contributed by atoms with E-state index in [0.29, 0.717) is 0 Å². The van der Waals surface area contributed by atoms with Crippen molar-refractivity contribution in [3.05, 3.63) is 34.9 Å². The Bertz CT molecular complexity index is 459. The highest BCUT2D eigenvalue weighted by Crippen LogP contribution is 2.35. The van der Waals surface area contributed by atoms with Crippen molar-refractivity contribution < 1.29 is 0 Å². The molecule has 1 atom stereocenters. The topological polar surface area (TPSA) is 24.1 Å². The number of nitrogens with one attached hydrogen (secondary N) is 2. The fourth-order valence-electron chi connectivity index (χ4n) is 2.30. The van der Waals surface area contributed by atoms with Gasteiger partial charge in [0.15, 0.2) is 0 Å². The molecule has 2 N–H and O–H groups in total. The number of hydrogen-bond acceptors (Lipinski definition) is 3. The van der Waals surface area contributed by atoms with Crippen LogP contribution in [0.3, 0.4) is 0 Å². The summed E-state index contributed by atoms with van der Waals surface area (Å²) in [4.78, 5) is 1.21. The maximum Gasteiger partial charge on any atom is 0.108 e.